The maximum Gasteiger partial charge on any atom is 0.255 e. The second-order valence-electron chi connectivity index (χ2n) is 8.03. The van der Waals surface area contributed by atoms with E-state index in [1.54, 1.807) is 4.90 Å². The topological polar surface area (TPSA) is 65.5 Å². The lowest BCUT2D eigenvalue weighted by atomic mass is 9.93. The fourth-order valence-corrected chi connectivity index (χ4v) is 4.24. The molecule has 146 valence electrons. The highest BCUT2D eigenvalue weighted by molar-refractivity contribution is 5.94. The van der Waals surface area contributed by atoms with Crippen molar-refractivity contribution >= 4 is 11.8 Å². The van der Waals surface area contributed by atoms with Crippen LogP contribution in [0.2, 0.25) is 0 Å². The molecule has 1 aliphatic carbocycles. The van der Waals surface area contributed by atoms with Crippen LogP contribution in [0.25, 0.3) is 0 Å². The Bertz CT molecular complexity index is 701. The molecule has 6 nitrogen and oxygen atoms in total. The molecule has 27 heavy (non-hydrogen) atoms. The van der Waals surface area contributed by atoms with Crippen molar-refractivity contribution in [2.75, 3.05) is 26.2 Å². The Morgan fingerprint density at radius 1 is 1.07 bits per heavy atom. The molecule has 3 fully saturated rings. The molecular formula is C20H27FN4O2. The summed E-state index contributed by atoms with van der Waals surface area (Å²) in [7, 11) is 0. The number of nitrogens with zero attached hydrogens (tertiary/aromatic N) is 3. The van der Waals surface area contributed by atoms with Gasteiger partial charge in [0.15, 0.2) is 0 Å². The molecule has 0 radical (unpaired) electrons. The molecule has 0 bridgehead atoms. The molecule has 1 N–H and O–H groups in total. The molecule has 2 aliphatic heterocycles. The number of amides is 2. The molecule has 2 amide bonds. The lowest BCUT2D eigenvalue weighted by Gasteiger charge is -2.42. The lowest BCUT2D eigenvalue weighted by Crippen LogP contribution is -2.51. The summed E-state index contributed by atoms with van der Waals surface area (Å²) in [6.07, 6.45) is 8.58. The van der Waals surface area contributed by atoms with Crippen LogP contribution in [0.4, 0.5) is 4.39 Å². The Labute approximate surface area is 159 Å². The van der Waals surface area contributed by atoms with Gasteiger partial charge in [0.05, 0.1) is 17.7 Å². The number of piperidine rings is 2. The van der Waals surface area contributed by atoms with Gasteiger partial charge in [0.1, 0.15) is 5.82 Å². The van der Waals surface area contributed by atoms with Gasteiger partial charge in [0.25, 0.3) is 5.91 Å². The molecule has 1 aromatic heterocycles. The summed E-state index contributed by atoms with van der Waals surface area (Å²) in [5.41, 5.74) is 0.309. The fourth-order valence-electron chi connectivity index (χ4n) is 4.24. The normalized spacial score (nSPS) is 24.6. The zero-order chi connectivity index (χ0) is 18.8. The molecule has 1 aromatic rings. The van der Waals surface area contributed by atoms with E-state index in [9.17, 15) is 14.0 Å². The first kappa shape index (κ1) is 18.3. The molecule has 3 aliphatic rings. The summed E-state index contributed by atoms with van der Waals surface area (Å²) in [6, 6.07) is 2.07. The van der Waals surface area contributed by atoms with E-state index >= 15 is 0 Å². The van der Waals surface area contributed by atoms with E-state index in [0.717, 1.165) is 57.8 Å². The third kappa shape index (κ3) is 4.46. The fraction of sp³-hybridized carbons (Fsp3) is 0.650. The molecule has 4 rings (SSSR count). The van der Waals surface area contributed by atoms with E-state index in [1.165, 1.54) is 12.3 Å². The molecule has 7 heteroatoms. The first-order valence-electron chi connectivity index (χ1n) is 10.0. The number of pyridine rings is 1. The molecule has 0 aromatic carbocycles. The molecular weight excluding hydrogens is 347 g/mol. The van der Waals surface area contributed by atoms with Gasteiger partial charge < -0.3 is 10.2 Å². The first-order valence-corrected chi connectivity index (χ1v) is 10.0. The van der Waals surface area contributed by atoms with Crippen molar-refractivity contribution in [3.05, 3.63) is 29.8 Å². The van der Waals surface area contributed by atoms with Gasteiger partial charge in [-0.25, -0.2) is 4.39 Å². The summed E-state index contributed by atoms with van der Waals surface area (Å²) in [5, 5.41) is 3.14. The van der Waals surface area contributed by atoms with Crippen LogP contribution >= 0.6 is 0 Å². The van der Waals surface area contributed by atoms with Gasteiger partial charge in [-0.15, -0.1) is 0 Å². The van der Waals surface area contributed by atoms with Gasteiger partial charge in [0.2, 0.25) is 5.91 Å². The number of hydrogen-bond donors (Lipinski definition) is 1. The van der Waals surface area contributed by atoms with Gasteiger partial charge in [0, 0.05) is 37.9 Å². The van der Waals surface area contributed by atoms with Gasteiger partial charge >= 0.3 is 0 Å². The highest BCUT2D eigenvalue weighted by atomic mass is 19.1. The number of aromatic nitrogens is 1. The predicted molar refractivity (Wildman–Crippen MR) is 98.6 cm³/mol. The van der Waals surface area contributed by atoms with Crippen molar-refractivity contribution < 1.29 is 14.0 Å². The summed E-state index contributed by atoms with van der Waals surface area (Å²) in [6.45, 7) is 3.18. The number of nitrogens with one attached hydrogen (secondary N) is 1. The standard InChI is InChI=1S/C20H27FN4O2/c21-16-10-15(11-22-12-16)20(27)24-8-5-18(6-9-24)25-7-1-2-14(13-25)19(26)23-17-3-4-17/h10-12,14,17-18H,1-9,13H2,(H,23,26)/t14-/m1/s1. The van der Waals surface area contributed by atoms with Crippen LogP contribution in [0.1, 0.15) is 48.9 Å². The van der Waals surface area contributed by atoms with Crippen molar-refractivity contribution in [3.8, 4) is 0 Å². The number of carbonyl (C=O) groups excluding carboxylic acids is 2. The van der Waals surface area contributed by atoms with Crippen molar-refractivity contribution in [2.24, 2.45) is 5.92 Å². The zero-order valence-corrected chi connectivity index (χ0v) is 15.6. The SMILES string of the molecule is O=C(NC1CC1)[C@@H]1CCCN(C2CCN(C(=O)c3cncc(F)c3)CC2)C1. The average molecular weight is 374 g/mol. The maximum absolute atomic E-state index is 13.3. The Hall–Kier alpha value is -2.02. The Balaban J connectivity index is 1.29. The van der Waals surface area contributed by atoms with E-state index in [0.29, 0.717) is 30.7 Å². The van der Waals surface area contributed by atoms with Crippen LogP contribution in [-0.2, 0) is 4.79 Å². The van der Waals surface area contributed by atoms with E-state index in [4.69, 9.17) is 0 Å². The number of likely N-dealkylation sites (tertiary alicyclic amines) is 2. The van der Waals surface area contributed by atoms with Crippen LogP contribution in [0.15, 0.2) is 18.5 Å². The molecule has 1 atom stereocenters. The summed E-state index contributed by atoms with van der Waals surface area (Å²) in [4.78, 5) is 32.9. The van der Waals surface area contributed by atoms with E-state index < -0.39 is 5.82 Å². The third-order valence-corrected chi connectivity index (χ3v) is 5.97. The molecule has 2 saturated heterocycles. The average Bonchev–Trinajstić information content (AvgIpc) is 3.51. The van der Waals surface area contributed by atoms with Crippen molar-refractivity contribution in [3.63, 3.8) is 0 Å². The van der Waals surface area contributed by atoms with Crippen molar-refractivity contribution in [1.29, 1.82) is 0 Å². The minimum absolute atomic E-state index is 0.0948. The summed E-state index contributed by atoms with van der Waals surface area (Å²) < 4.78 is 13.3. The monoisotopic (exact) mass is 374 g/mol. The Kier molecular flexibility index (Phi) is 5.38. The van der Waals surface area contributed by atoms with E-state index in [2.05, 4.69) is 15.2 Å². The first-order chi connectivity index (χ1) is 13.1. The van der Waals surface area contributed by atoms with Gasteiger partial charge in [-0.3, -0.25) is 19.5 Å². The van der Waals surface area contributed by atoms with Crippen molar-refractivity contribution in [2.45, 2.75) is 50.6 Å². The molecule has 0 spiro atoms. The maximum atomic E-state index is 13.3. The van der Waals surface area contributed by atoms with Crippen LogP contribution in [0.5, 0.6) is 0 Å². The lowest BCUT2D eigenvalue weighted by molar-refractivity contribution is -0.127. The van der Waals surface area contributed by atoms with Crippen molar-refractivity contribution in [1.82, 2.24) is 20.1 Å². The predicted octanol–water partition coefficient (Wildman–Crippen LogP) is 1.82. The Morgan fingerprint density at radius 3 is 2.56 bits per heavy atom. The smallest absolute Gasteiger partial charge is 0.255 e. The number of carbonyl (C=O) groups is 2. The minimum atomic E-state index is -0.487. The van der Waals surface area contributed by atoms with Gasteiger partial charge in [-0.2, -0.15) is 0 Å². The van der Waals surface area contributed by atoms with Crippen LogP contribution in [0.3, 0.4) is 0 Å². The summed E-state index contributed by atoms with van der Waals surface area (Å²) in [5.74, 6) is -0.328. The summed E-state index contributed by atoms with van der Waals surface area (Å²) >= 11 is 0. The Morgan fingerprint density at radius 2 is 1.85 bits per heavy atom. The van der Waals surface area contributed by atoms with E-state index in [-0.39, 0.29) is 17.7 Å². The molecule has 3 heterocycles. The molecule has 1 saturated carbocycles. The highest BCUT2D eigenvalue weighted by Crippen LogP contribution is 2.26. The molecule has 0 unspecified atom stereocenters. The number of rotatable bonds is 4. The zero-order valence-electron chi connectivity index (χ0n) is 15.6. The highest BCUT2D eigenvalue weighted by Gasteiger charge is 2.34. The van der Waals surface area contributed by atoms with Crippen LogP contribution < -0.4 is 5.32 Å². The van der Waals surface area contributed by atoms with Gasteiger partial charge in [-0.05, 0) is 51.1 Å². The minimum Gasteiger partial charge on any atom is -0.353 e. The third-order valence-electron chi connectivity index (χ3n) is 5.97. The van der Waals surface area contributed by atoms with Crippen LogP contribution in [-0.4, -0.2) is 64.9 Å². The number of halogens is 1. The second-order valence-corrected chi connectivity index (χ2v) is 8.03. The number of hydrogen-bond acceptors (Lipinski definition) is 4. The quantitative estimate of drug-likeness (QED) is 0.873. The largest absolute Gasteiger partial charge is 0.353 e. The second kappa shape index (κ2) is 7.92. The van der Waals surface area contributed by atoms with Gasteiger partial charge in [-0.1, -0.05) is 0 Å². The van der Waals surface area contributed by atoms with E-state index in [1.807, 2.05) is 0 Å². The van der Waals surface area contributed by atoms with Crippen LogP contribution in [0, 0.1) is 11.7 Å².